The van der Waals surface area contributed by atoms with Gasteiger partial charge in [0.2, 0.25) is 0 Å². The van der Waals surface area contributed by atoms with E-state index in [9.17, 15) is 4.79 Å². The highest BCUT2D eigenvalue weighted by Gasteiger charge is 2.30. The van der Waals surface area contributed by atoms with Gasteiger partial charge in [-0.25, -0.2) is 4.98 Å². The molecular weight excluding hydrogens is 316 g/mol. The van der Waals surface area contributed by atoms with Gasteiger partial charge in [0, 0.05) is 43.7 Å². The highest BCUT2D eigenvalue weighted by molar-refractivity contribution is 6.13. The fourth-order valence-electron chi connectivity index (χ4n) is 3.65. The Hall–Kier alpha value is -2.41. The summed E-state index contributed by atoms with van der Waals surface area (Å²) in [6.45, 7) is 2.48. The minimum Gasteiger partial charge on any atom is -0.393 e. The molecule has 7 heteroatoms. The molecule has 134 valence electrons. The molecule has 1 saturated carbocycles. The first kappa shape index (κ1) is 17.4. The molecule has 6 N–H and O–H groups in total. The van der Waals surface area contributed by atoms with Crippen LogP contribution in [0.2, 0.25) is 0 Å². The van der Waals surface area contributed by atoms with Crippen LogP contribution in [0.25, 0.3) is 5.57 Å². The molecule has 2 heterocycles. The minimum atomic E-state index is -0.134. The fourth-order valence-corrected chi connectivity index (χ4v) is 3.65. The lowest BCUT2D eigenvalue weighted by atomic mass is 9.90. The molecule has 1 aromatic heterocycles. The SMILES string of the molecule is CN/C=C(\C=N)c1nc(NC2CCCC[C@@H]2N)c(C)c2c1C(=O)NC2. The van der Waals surface area contributed by atoms with Gasteiger partial charge in [-0.2, -0.15) is 0 Å². The van der Waals surface area contributed by atoms with Crippen LogP contribution < -0.4 is 21.7 Å². The number of hydrogen-bond acceptors (Lipinski definition) is 6. The Morgan fingerprint density at radius 2 is 2.16 bits per heavy atom. The second-order valence-corrected chi connectivity index (χ2v) is 6.70. The van der Waals surface area contributed by atoms with Crippen LogP contribution in [-0.2, 0) is 6.54 Å². The second-order valence-electron chi connectivity index (χ2n) is 6.70. The van der Waals surface area contributed by atoms with Gasteiger partial charge in [0.25, 0.3) is 5.91 Å². The fraction of sp³-hybridized carbons (Fsp3) is 0.500. The summed E-state index contributed by atoms with van der Waals surface area (Å²) in [5.41, 5.74) is 9.87. The lowest BCUT2D eigenvalue weighted by Crippen LogP contribution is -2.43. The minimum absolute atomic E-state index is 0.112. The van der Waals surface area contributed by atoms with Crippen molar-refractivity contribution in [1.29, 1.82) is 5.41 Å². The third-order valence-electron chi connectivity index (χ3n) is 5.09. The first-order valence-electron chi connectivity index (χ1n) is 8.78. The third kappa shape index (κ3) is 3.24. The monoisotopic (exact) mass is 342 g/mol. The number of nitrogens with zero attached hydrogens (tertiary/aromatic N) is 1. The van der Waals surface area contributed by atoms with E-state index in [0.717, 1.165) is 36.2 Å². The molecule has 1 unspecified atom stereocenters. The van der Waals surface area contributed by atoms with Gasteiger partial charge in [0.05, 0.1) is 11.3 Å². The maximum atomic E-state index is 12.3. The molecule has 1 aliphatic heterocycles. The van der Waals surface area contributed by atoms with E-state index in [1.54, 1.807) is 13.2 Å². The number of nitrogens with two attached hydrogens (primary N) is 1. The summed E-state index contributed by atoms with van der Waals surface area (Å²) in [4.78, 5) is 17.0. The summed E-state index contributed by atoms with van der Waals surface area (Å²) in [6.07, 6.45) is 7.27. The first-order valence-corrected chi connectivity index (χ1v) is 8.78. The molecule has 1 aromatic rings. The van der Waals surface area contributed by atoms with E-state index in [1.165, 1.54) is 12.6 Å². The molecule has 0 aromatic carbocycles. The maximum Gasteiger partial charge on any atom is 0.254 e. The summed E-state index contributed by atoms with van der Waals surface area (Å²) < 4.78 is 0. The Labute approximate surface area is 148 Å². The van der Waals surface area contributed by atoms with Crippen LogP contribution in [0.5, 0.6) is 0 Å². The highest BCUT2D eigenvalue weighted by atomic mass is 16.1. The quantitative estimate of drug-likeness (QED) is 0.520. The maximum absolute atomic E-state index is 12.3. The topological polar surface area (TPSA) is 116 Å². The van der Waals surface area contributed by atoms with Crippen LogP contribution >= 0.6 is 0 Å². The highest BCUT2D eigenvalue weighted by Crippen LogP contribution is 2.31. The molecule has 0 bridgehead atoms. The molecule has 0 spiro atoms. The normalized spacial score (nSPS) is 23.0. The number of rotatable bonds is 5. The second kappa shape index (κ2) is 7.23. The molecule has 2 atom stereocenters. The number of hydrogen-bond donors (Lipinski definition) is 5. The van der Waals surface area contributed by atoms with E-state index in [-0.39, 0.29) is 18.0 Å². The summed E-state index contributed by atoms with van der Waals surface area (Å²) in [5.74, 6) is 0.627. The van der Waals surface area contributed by atoms with Crippen molar-refractivity contribution >= 4 is 23.5 Å². The number of anilines is 1. The van der Waals surface area contributed by atoms with Crippen molar-refractivity contribution in [2.75, 3.05) is 12.4 Å². The number of carbonyl (C=O) groups excluding carboxylic acids is 1. The van der Waals surface area contributed by atoms with Crippen molar-refractivity contribution in [2.24, 2.45) is 5.73 Å². The zero-order chi connectivity index (χ0) is 18.0. The molecule has 25 heavy (non-hydrogen) atoms. The summed E-state index contributed by atoms with van der Waals surface area (Å²) in [6, 6.07) is 0.300. The van der Waals surface area contributed by atoms with Crippen molar-refractivity contribution in [3.8, 4) is 0 Å². The number of nitrogens with one attached hydrogen (secondary N) is 4. The predicted octanol–water partition coefficient (Wildman–Crippen LogP) is 1.53. The number of allylic oxidation sites excluding steroid dienone is 1. The molecule has 1 amide bonds. The Morgan fingerprint density at radius 3 is 2.84 bits per heavy atom. The van der Waals surface area contributed by atoms with Crippen LogP contribution in [-0.4, -0.2) is 36.2 Å². The van der Waals surface area contributed by atoms with Crippen LogP contribution in [0.1, 0.15) is 52.9 Å². The molecule has 1 aliphatic carbocycles. The van der Waals surface area contributed by atoms with E-state index in [4.69, 9.17) is 16.1 Å². The molecule has 7 nitrogen and oxygen atoms in total. The van der Waals surface area contributed by atoms with Crippen LogP contribution in [0.3, 0.4) is 0 Å². The lowest BCUT2D eigenvalue weighted by molar-refractivity contribution is 0.0965. The van der Waals surface area contributed by atoms with Crippen molar-refractivity contribution in [3.05, 3.63) is 28.6 Å². The summed E-state index contributed by atoms with van der Waals surface area (Å²) in [7, 11) is 1.76. The Balaban J connectivity index is 2.06. The van der Waals surface area contributed by atoms with Gasteiger partial charge in [-0.15, -0.1) is 0 Å². The van der Waals surface area contributed by atoms with Gasteiger partial charge in [-0.3, -0.25) is 4.79 Å². The van der Waals surface area contributed by atoms with E-state index >= 15 is 0 Å². The molecule has 3 rings (SSSR count). The van der Waals surface area contributed by atoms with Gasteiger partial charge in [-0.1, -0.05) is 12.8 Å². The van der Waals surface area contributed by atoms with Gasteiger partial charge < -0.3 is 27.1 Å². The first-order chi connectivity index (χ1) is 12.1. The number of aromatic nitrogens is 1. The van der Waals surface area contributed by atoms with Crippen LogP contribution in [0, 0.1) is 12.3 Å². The summed E-state index contributed by atoms with van der Waals surface area (Å²) in [5, 5.41) is 17.0. The van der Waals surface area contributed by atoms with Crippen molar-refractivity contribution in [1.82, 2.24) is 15.6 Å². The van der Waals surface area contributed by atoms with Crippen molar-refractivity contribution < 1.29 is 4.79 Å². The van der Waals surface area contributed by atoms with Gasteiger partial charge in [0.15, 0.2) is 0 Å². The molecule has 0 radical (unpaired) electrons. The number of carbonyl (C=O) groups is 1. The average Bonchev–Trinajstić information content (AvgIpc) is 3.00. The Bertz CT molecular complexity index is 727. The Morgan fingerprint density at radius 1 is 1.40 bits per heavy atom. The van der Waals surface area contributed by atoms with Crippen molar-refractivity contribution in [3.63, 3.8) is 0 Å². The van der Waals surface area contributed by atoms with Gasteiger partial charge in [-0.05, 0) is 30.9 Å². The smallest absolute Gasteiger partial charge is 0.254 e. The van der Waals surface area contributed by atoms with E-state index in [1.807, 2.05) is 6.92 Å². The van der Waals surface area contributed by atoms with Gasteiger partial charge >= 0.3 is 0 Å². The summed E-state index contributed by atoms with van der Waals surface area (Å²) >= 11 is 0. The van der Waals surface area contributed by atoms with Crippen molar-refractivity contribution in [2.45, 2.75) is 51.2 Å². The van der Waals surface area contributed by atoms with Crippen LogP contribution in [0.15, 0.2) is 6.20 Å². The number of fused-ring (bicyclic) bond motifs is 1. The average molecular weight is 342 g/mol. The van der Waals surface area contributed by atoms with E-state index in [2.05, 4.69) is 16.0 Å². The largest absolute Gasteiger partial charge is 0.393 e. The molecular formula is C18H26N6O. The zero-order valence-electron chi connectivity index (χ0n) is 14.8. The predicted molar refractivity (Wildman–Crippen MR) is 99.8 cm³/mol. The lowest BCUT2D eigenvalue weighted by Gasteiger charge is -2.30. The van der Waals surface area contributed by atoms with E-state index < -0.39 is 0 Å². The molecule has 1 fully saturated rings. The third-order valence-corrected chi connectivity index (χ3v) is 5.09. The van der Waals surface area contributed by atoms with Gasteiger partial charge in [0.1, 0.15) is 5.82 Å². The Kier molecular flexibility index (Phi) is 5.03. The molecule has 2 aliphatic rings. The molecule has 0 saturated heterocycles. The van der Waals surface area contributed by atoms with Crippen LogP contribution in [0.4, 0.5) is 5.82 Å². The van der Waals surface area contributed by atoms with E-state index in [0.29, 0.717) is 23.4 Å². The number of pyridine rings is 1. The number of amides is 1. The standard InChI is InChI=1S/C18H26N6O/c1-10-12-9-22-18(25)15(12)16(11(7-19)8-21-2)24-17(10)23-14-6-4-3-5-13(14)20/h7-8,13-14,19,21H,3-6,9,20H2,1-2H3,(H,22,25)(H,23,24)/b11-8+,19-7?/t13-,14?/m0/s1. The zero-order valence-corrected chi connectivity index (χ0v) is 14.8.